The fraction of sp³-hybridized carbons (Fsp3) is 0.500. The molecule has 1 aliphatic rings. The van der Waals surface area contributed by atoms with Crippen molar-refractivity contribution in [1.82, 2.24) is 9.88 Å². The van der Waals surface area contributed by atoms with E-state index in [1.165, 1.54) is 0 Å². The molecule has 0 spiro atoms. The summed E-state index contributed by atoms with van der Waals surface area (Å²) in [7, 11) is 1.76. The number of nitrogen functional groups attached to an aromatic ring is 1. The molecular formula is C12H18N4O2. The quantitative estimate of drug-likeness (QED) is 0.605. The predicted octanol–water partition coefficient (Wildman–Crippen LogP) is 0.618. The molecule has 1 aromatic rings. The molecule has 6 heteroatoms. The van der Waals surface area contributed by atoms with Gasteiger partial charge >= 0.3 is 0 Å². The van der Waals surface area contributed by atoms with Gasteiger partial charge in [0, 0.05) is 26.4 Å². The van der Waals surface area contributed by atoms with Crippen LogP contribution in [-0.2, 0) is 4.74 Å². The number of hydrogen-bond acceptors (Lipinski definition) is 5. The fourth-order valence-corrected chi connectivity index (χ4v) is 2.01. The van der Waals surface area contributed by atoms with E-state index >= 15 is 0 Å². The van der Waals surface area contributed by atoms with Crippen LogP contribution in [0.15, 0.2) is 18.3 Å². The van der Waals surface area contributed by atoms with Gasteiger partial charge in [-0.05, 0) is 25.0 Å². The summed E-state index contributed by atoms with van der Waals surface area (Å²) >= 11 is 0. The summed E-state index contributed by atoms with van der Waals surface area (Å²) in [5.41, 5.74) is 3.54. The number of anilines is 1. The van der Waals surface area contributed by atoms with E-state index in [-0.39, 0.29) is 12.0 Å². The van der Waals surface area contributed by atoms with Gasteiger partial charge < -0.3 is 15.1 Å². The van der Waals surface area contributed by atoms with E-state index in [2.05, 4.69) is 10.4 Å². The van der Waals surface area contributed by atoms with E-state index in [1.807, 2.05) is 0 Å². The first-order valence-electron chi connectivity index (χ1n) is 6.00. The lowest BCUT2D eigenvalue weighted by atomic mass is 10.2. The van der Waals surface area contributed by atoms with Crippen molar-refractivity contribution in [3.63, 3.8) is 0 Å². The molecule has 1 amide bonds. The van der Waals surface area contributed by atoms with Crippen LogP contribution in [0, 0.1) is 0 Å². The second-order valence-electron chi connectivity index (χ2n) is 4.39. The molecule has 1 aromatic heterocycles. The number of nitrogens with two attached hydrogens (primary N) is 1. The van der Waals surface area contributed by atoms with Gasteiger partial charge in [0.1, 0.15) is 5.69 Å². The summed E-state index contributed by atoms with van der Waals surface area (Å²) in [6, 6.07) is 3.34. The zero-order valence-corrected chi connectivity index (χ0v) is 10.4. The maximum absolute atomic E-state index is 12.1. The van der Waals surface area contributed by atoms with Crippen molar-refractivity contribution >= 4 is 11.6 Å². The number of hydrazine groups is 1. The van der Waals surface area contributed by atoms with Crippen molar-refractivity contribution in [2.75, 3.05) is 25.6 Å². The number of rotatable bonds is 4. The zero-order valence-electron chi connectivity index (χ0n) is 10.4. The van der Waals surface area contributed by atoms with Gasteiger partial charge in [-0.3, -0.25) is 15.6 Å². The van der Waals surface area contributed by atoms with Gasteiger partial charge in [-0.15, -0.1) is 0 Å². The van der Waals surface area contributed by atoms with E-state index in [1.54, 1.807) is 30.3 Å². The molecule has 0 aromatic carbocycles. The first kappa shape index (κ1) is 12.8. The Labute approximate surface area is 106 Å². The zero-order chi connectivity index (χ0) is 13.0. The minimum absolute atomic E-state index is 0.123. The maximum atomic E-state index is 12.1. The van der Waals surface area contributed by atoms with Gasteiger partial charge in [0.2, 0.25) is 0 Å². The molecule has 2 rings (SSSR count). The Morgan fingerprint density at radius 2 is 2.56 bits per heavy atom. The predicted molar refractivity (Wildman–Crippen MR) is 68.0 cm³/mol. The van der Waals surface area contributed by atoms with Gasteiger partial charge in [0.15, 0.2) is 0 Å². The fourth-order valence-electron chi connectivity index (χ4n) is 2.01. The van der Waals surface area contributed by atoms with Gasteiger partial charge in [0.25, 0.3) is 5.91 Å². The highest BCUT2D eigenvalue weighted by Crippen LogP contribution is 2.14. The molecule has 6 nitrogen and oxygen atoms in total. The van der Waals surface area contributed by atoms with Crippen molar-refractivity contribution in [3.05, 3.63) is 24.0 Å². The number of carbonyl (C=O) groups excluding carboxylic acids is 1. The summed E-state index contributed by atoms with van der Waals surface area (Å²) in [5.74, 6) is 5.18. The summed E-state index contributed by atoms with van der Waals surface area (Å²) in [6.07, 6.45) is 3.78. The highest BCUT2D eigenvalue weighted by Gasteiger charge is 2.21. The molecule has 2 heterocycles. The average Bonchev–Trinajstić information content (AvgIpc) is 2.90. The molecule has 1 unspecified atom stereocenters. The Morgan fingerprint density at radius 1 is 1.72 bits per heavy atom. The van der Waals surface area contributed by atoms with Crippen LogP contribution in [0.4, 0.5) is 5.69 Å². The van der Waals surface area contributed by atoms with Crippen LogP contribution in [0.25, 0.3) is 0 Å². The number of aromatic nitrogens is 1. The Hall–Kier alpha value is -1.66. The van der Waals surface area contributed by atoms with Crippen LogP contribution in [0.1, 0.15) is 23.3 Å². The Balaban J connectivity index is 2.00. The van der Waals surface area contributed by atoms with Crippen molar-refractivity contribution in [1.29, 1.82) is 0 Å². The lowest BCUT2D eigenvalue weighted by molar-refractivity contribution is 0.0583. The molecule has 0 radical (unpaired) electrons. The lowest BCUT2D eigenvalue weighted by Crippen LogP contribution is -2.34. The monoisotopic (exact) mass is 250 g/mol. The number of ether oxygens (including phenoxy) is 1. The van der Waals surface area contributed by atoms with Crippen molar-refractivity contribution in [3.8, 4) is 0 Å². The molecule has 1 saturated heterocycles. The maximum Gasteiger partial charge on any atom is 0.272 e. The molecule has 18 heavy (non-hydrogen) atoms. The standard InChI is InChI=1S/C12H18N4O2/c1-16(8-10-3-2-6-18-10)12(17)11-7-9(15-13)4-5-14-11/h4-5,7,10H,2-3,6,8,13H2,1H3,(H,14,15). The largest absolute Gasteiger partial charge is 0.376 e. The number of hydrogen-bond donors (Lipinski definition) is 2. The molecule has 3 N–H and O–H groups in total. The van der Waals surface area contributed by atoms with Crippen LogP contribution in [0.3, 0.4) is 0 Å². The Kier molecular flexibility index (Phi) is 4.11. The summed E-state index contributed by atoms with van der Waals surface area (Å²) in [4.78, 5) is 17.8. The number of nitrogens with zero attached hydrogens (tertiary/aromatic N) is 2. The number of amides is 1. The molecule has 1 aliphatic heterocycles. The molecule has 1 atom stereocenters. The number of carbonyl (C=O) groups is 1. The van der Waals surface area contributed by atoms with Crippen LogP contribution >= 0.6 is 0 Å². The van der Waals surface area contributed by atoms with Crippen molar-refractivity contribution in [2.45, 2.75) is 18.9 Å². The molecule has 0 saturated carbocycles. The Bertz CT molecular complexity index is 418. The van der Waals surface area contributed by atoms with Crippen LogP contribution < -0.4 is 11.3 Å². The molecule has 98 valence electrons. The van der Waals surface area contributed by atoms with E-state index in [9.17, 15) is 4.79 Å². The van der Waals surface area contributed by atoms with E-state index in [4.69, 9.17) is 10.6 Å². The third-order valence-corrected chi connectivity index (χ3v) is 2.99. The minimum atomic E-state index is -0.123. The minimum Gasteiger partial charge on any atom is -0.376 e. The highest BCUT2D eigenvalue weighted by molar-refractivity contribution is 5.92. The van der Waals surface area contributed by atoms with Gasteiger partial charge in [-0.25, -0.2) is 0 Å². The third-order valence-electron chi connectivity index (χ3n) is 2.99. The molecule has 1 fully saturated rings. The van der Waals surface area contributed by atoms with E-state index in [0.29, 0.717) is 17.9 Å². The Morgan fingerprint density at radius 3 is 3.22 bits per heavy atom. The SMILES string of the molecule is CN(CC1CCCO1)C(=O)c1cc(NN)ccn1. The molecular weight excluding hydrogens is 232 g/mol. The summed E-state index contributed by atoms with van der Waals surface area (Å²) < 4.78 is 5.51. The first-order valence-corrected chi connectivity index (χ1v) is 6.00. The van der Waals surface area contributed by atoms with Crippen LogP contribution in [0.2, 0.25) is 0 Å². The average molecular weight is 250 g/mol. The topological polar surface area (TPSA) is 80.5 Å². The van der Waals surface area contributed by atoms with Crippen LogP contribution in [-0.4, -0.2) is 42.1 Å². The smallest absolute Gasteiger partial charge is 0.272 e. The second kappa shape index (κ2) is 5.79. The highest BCUT2D eigenvalue weighted by atomic mass is 16.5. The second-order valence-corrected chi connectivity index (χ2v) is 4.39. The number of nitrogens with one attached hydrogen (secondary N) is 1. The van der Waals surface area contributed by atoms with E-state index < -0.39 is 0 Å². The van der Waals surface area contributed by atoms with Crippen molar-refractivity contribution in [2.24, 2.45) is 5.84 Å². The summed E-state index contributed by atoms with van der Waals surface area (Å²) in [5, 5.41) is 0. The number of likely N-dealkylation sites (N-methyl/N-ethyl adjacent to an activating group) is 1. The van der Waals surface area contributed by atoms with Crippen LogP contribution in [0.5, 0.6) is 0 Å². The molecule has 0 aliphatic carbocycles. The van der Waals surface area contributed by atoms with Gasteiger partial charge in [-0.2, -0.15) is 0 Å². The lowest BCUT2D eigenvalue weighted by Gasteiger charge is -2.20. The summed E-state index contributed by atoms with van der Waals surface area (Å²) in [6.45, 7) is 1.39. The van der Waals surface area contributed by atoms with Gasteiger partial charge in [0.05, 0.1) is 11.8 Å². The van der Waals surface area contributed by atoms with Gasteiger partial charge in [-0.1, -0.05) is 0 Å². The third kappa shape index (κ3) is 2.96. The van der Waals surface area contributed by atoms with Crippen molar-refractivity contribution < 1.29 is 9.53 Å². The molecule has 0 bridgehead atoms. The first-order chi connectivity index (χ1) is 8.70. The van der Waals surface area contributed by atoms with E-state index in [0.717, 1.165) is 19.4 Å². The number of pyridine rings is 1. The normalized spacial score (nSPS) is 18.7.